The average Bonchev–Trinajstić information content (AvgIpc) is 3.20. The first kappa shape index (κ1) is 20.4. The van der Waals surface area contributed by atoms with Gasteiger partial charge in [0, 0.05) is 25.3 Å². The van der Waals surface area contributed by atoms with Crippen LogP contribution in [-0.4, -0.2) is 29.6 Å². The third kappa shape index (κ3) is 4.73. The van der Waals surface area contributed by atoms with Crippen LogP contribution in [0.1, 0.15) is 58.9 Å². The normalized spacial score (nSPS) is 14.9. The molecule has 1 aromatic heterocycles. The number of anilines is 4. The fourth-order valence-corrected chi connectivity index (χ4v) is 3.70. The third-order valence-corrected chi connectivity index (χ3v) is 5.27. The van der Waals surface area contributed by atoms with Crippen LogP contribution in [0.4, 0.5) is 23.1 Å². The first-order valence-corrected chi connectivity index (χ1v) is 10.4. The van der Waals surface area contributed by atoms with E-state index < -0.39 is 0 Å². The Labute approximate surface area is 169 Å². The van der Waals surface area contributed by atoms with E-state index in [1.165, 1.54) is 31.2 Å². The van der Waals surface area contributed by atoms with E-state index in [0.29, 0.717) is 12.0 Å². The van der Waals surface area contributed by atoms with Gasteiger partial charge in [0.05, 0.1) is 11.9 Å². The van der Waals surface area contributed by atoms with Crippen LogP contribution in [0.25, 0.3) is 0 Å². The summed E-state index contributed by atoms with van der Waals surface area (Å²) in [6.07, 6.45) is 6.79. The molecule has 1 fully saturated rings. The Hall–Kier alpha value is -2.34. The minimum Gasteiger partial charge on any atom is -0.384 e. The lowest BCUT2D eigenvalue weighted by Gasteiger charge is -2.31. The Bertz CT molecular complexity index is 777. The van der Waals surface area contributed by atoms with Gasteiger partial charge < -0.3 is 10.6 Å². The van der Waals surface area contributed by atoms with Crippen molar-refractivity contribution in [3.05, 3.63) is 36.0 Å². The van der Waals surface area contributed by atoms with Crippen LogP contribution >= 0.6 is 0 Å². The van der Waals surface area contributed by atoms with Crippen molar-refractivity contribution in [2.24, 2.45) is 0 Å². The van der Waals surface area contributed by atoms with Gasteiger partial charge in [0.15, 0.2) is 5.82 Å². The number of hydrogen-bond acceptors (Lipinski definition) is 6. The lowest BCUT2D eigenvalue weighted by atomic mass is 9.87. The lowest BCUT2D eigenvalue weighted by molar-refractivity contribution is 0.524. The van der Waals surface area contributed by atoms with E-state index in [2.05, 4.69) is 78.0 Å². The number of benzene rings is 1. The fourth-order valence-electron chi connectivity index (χ4n) is 3.70. The van der Waals surface area contributed by atoms with Crippen molar-refractivity contribution in [1.29, 1.82) is 0 Å². The molecular formula is C22H34N6. The number of rotatable bonds is 7. The zero-order valence-electron chi connectivity index (χ0n) is 17.8. The molecule has 28 heavy (non-hydrogen) atoms. The SMILES string of the molecule is CCNN(c1nc(Nc2cccc(C(C)(C)C)c2)ncc1NC)C1CCCC1. The molecule has 3 N–H and O–H groups in total. The molecule has 0 radical (unpaired) electrons. The molecule has 1 aromatic carbocycles. The zero-order valence-corrected chi connectivity index (χ0v) is 17.8. The second kappa shape index (κ2) is 8.78. The van der Waals surface area contributed by atoms with Crippen LogP contribution in [0.15, 0.2) is 30.5 Å². The molecule has 0 unspecified atom stereocenters. The van der Waals surface area contributed by atoms with Crippen LogP contribution in [0, 0.1) is 0 Å². The van der Waals surface area contributed by atoms with E-state index in [1.807, 2.05) is 13.2 Å². The molecule has 1 aliphatic carbocycles. The molecule has 1 saturated carbocycles. The van der Waals surface area contributed by atoms with Gasteiger partial charge in [0.2, 0.25) is 5.95 Å². The highest BCUT2D eigenvalue weighted by Gasteiger charge is 2.26. The summed E-state index contributed by atoms with van der Waals surface area (Å²) < 4.78 is 0. The maximum atomic E-state index is 4.87. The predicted octanol–water partition coefficient (Wildman–Crippen LogP) is 4.83. The summed E-state index contributed by atoms with van der Waals surface area (Å²) in [7, 11) is 1.92. The molecule has 0 amide bonds. The summed E-state index contributed by atoms with van der Waals surface area (Å²) in [5.41, 5.74) is 6.83. The monoisotopic (exact) mass is 382 g/mol. The number of aromatic nitrogens is 2. The van der Waals surface area contributed by atoms with E-state index >= 15 is 0 Å². The maximum Gasteiger partial charge on any atom is 0.229 e. The Balaban J connectivity index is 1.90. The second-order valence-corrected chi connectivity index (χ2v) is 8.46. The number of hydrogen-bond donors (Lipinski definition) is 3. The van der Waals surface area contributed by atoms with E-state index in [4.69, 9.17) is 4.98 Å². The van der Waals surface area contributed by atoms with Crippen molar-refractivity contribution in [1.82, 2.24) is 15.4 Å². The molecule has 0 aliphatic heterocycles. The predicted molar refractivity (Wildman–Crippen MR) is 118 cm³/mol. The Morgan fingerprint density at radius 2 is 1.93 bits per heavy atom. The Morgan fingerprint density at radius 3 is 2.57 bits per heavy atom. The van der Waals surface area contributed by atoms with Gasteiger partial charge in [0.25, 0.3) is 0 Å². The summed E-state index contributed by atoms with van der Waals surface area (Å²) in [5.74, 6) is 1.52. The minimum absolute atomic E-state index is 0.101. The van der Waals surface area contributed by atoms with Crippen molar-refractivity contribution in [3.63, 3.8) is 0 Å². The van der Waals surface area contributed by atoms with Crippen molar-refractivity contribution in [2.45, 2.75) is 64.8 Å². The van der Waals surface area contributed by atoms with Crippen LogP contribution in [-0.2, 0) is 5.41 Å². The Morgan fingerprint density at radius 1 is 1.18 bits per heavy atom. The number of hydrazine groups is 1. The quantitative estimate of drug-likeness (QED) is 0.596. The van der Waals surface area contributed by atoms with Gasteiger partial charge in [-0.3, -0.25) is 5.01 Å². The summed E-state index contributed by atoms with van der Waals surface area (Å²) >= 11 is 0. The molecule has 2 aromatic rings. The molecule has 6 nitrogen and oxygen atoms in total. The van der Waals surface area contributed by atoms with Crippen LogP contribution in [0.2, 0.25) is 0 Å². The standard InChI is InChI=1S/C22H34N6/c1-6-25-28(18-12-7-8-13-18)20-19(23-5)15-24-21(27-20)26-17-11-9-10-16(14-17)22(2,3)4/h9-11,14-15,18,23,25H,6-8,12-13H2,1-5H3,(H,24,26,27). The lowest BCUT2D eigenvalue weighted by Crippen LogP contribution is -2.45. The van der Waals surface area contributed by atoms with Crippen molar-refractivity contribution in [2.75, 3.05) is 29.2 Å². The molecule has 3 rings (SSSR count). The Kier molecular flexibility index (Phi) is 6.39. The molecule has 0 bridgehead atoms. The highest BCUT2D eigenvalue weighted by atomic mass is 15.5. The second-order valence-electron chi connectivity index (χ2n) is 8.46. The van der Waals surface area contributed by atoms with E-state index in [-0.39, 0.29) is 5.41 Å². The summed E-state index contributed by atoms with van der Waals surface area (Å²) in [6, 6.07) is 8.94. The largest absolute Gasteiger partial charge is 0.384 e. The minimum atomic E-state index is 0.101. The van der Waals surface area contributed by atoms with Gasteiger partial charge >= 0.3 is 0 Å². The molecule has 6 heteroatoms. The highest BCUT2D eigenvalue weighted by Crippen LogP contribution is 2.31. The van der Waals surface area contributed by atoms with Gasteiger partial charge in [-0.25, -0.2) is 10.4 Å². The number of nitrogens with zero attached hydrogens (tertiary/aromatic N) is 3. The van der Waals surface area contributed by atoms with Gasteiger partial charge in [-0.05, 0) is 36.0 Å². The molecular weight excluding hydrogens is 348 g/mol. The van der Waals surface area contributed by atoms with Crippen molar-refractivity contribution in [3.8, 4) is 0 Å². The number of nitrogens with one attached hydrogen (secondary N) is 3. The smallest absolute Gasteiger partial charge is 0.229 e. The first-order valence-electron chi connectivity index (χ1n) is 10.4. The van der Waals surface area contributed by atoms with Crippen molar-refractivity contribution < 1.29 is 0 Å². The van der Waals surface area contributed by atoms with Gasteiger partial charge in [-0.15, -0.1) is 0 Å². The van der Waals surface area contributed by atoms with Crippen LogP contribution in [0.5, 0.6) is 0 Å². The molecule has 0 saturated heterocycles. The van der Waals surface area contributed by atoms with Crippen LogP contribution in [0.3, 0.4) is 0 Å². The molecule has 0 spiro atoms. The third-order valence-electron chi connectivity index (χ3n) is 5.27. The summed E-state index contributed by atoms with van der Waals surface area (Å²) in [6.45, 7) is 9.65. The molecule has 1 heterocycles. The highest BCUT2D eigenvalue weighted by molar-refractivity contribution is 5.67. The van der Waals surface area contributed by atoms with E-state index in [0.717, 1.165) is 23.7 Å². The summed E-state index contributed by atoms with van der Waals surface area (Å²) in [4.78, 5) is 9.40. The van der Waals surface area contributed by atoms with E-state index in [1.54, 1.807) is 0 Å². The van der Waals surface area contributed by atoms with Crippen molar-refractivity contribution >= 4 is 23.1 Å². The molecule has 0 atom stereocenters. The fraction of sp³-hybridized carbons (Fsp3) is 0.545. The summed E-state index contributed by atoms with van der Waals surface area (Å²) in [5, 5.41) is 8.87. The van der Waals surface area contributed by atoms with Gasteiger partial charge in [-0.1, -0.05) is 52.7 Å². The van der Waals surface area contributed by atoms with Crippen LogP contribution < -0.4 is 21.1 Å². The first-order chi connectivity index (χ1) is 13.4. The van der Waals surface area contributed by atoms with E-state index in [9.17, 15) is 0 Å². The molecule has 1 aliphatic rings. The maximum absolute atomic E-state index is 4.87. The molecule has 152 valence electrons. The average molecular weight is 383 g/mol. The topological polar surface area (TPSA) is 65.1 Å². The van der Waals surface area contributed by atoms with Gasteiger partial charge in [0.1, 0.15) is 0 Å². The van der Waals surface area contributed by atoms with Gasteiger partial charge in [-0.2, -0.15) is 4.98 Å². The zero-order chi connectivity index (χ0) is 20.1.